The Kier molecular flexibility index (Phi) is 7.70. The fraction of sp³-hybridized carbons (Fsp3) is 0.542. The van der Waals surface area contributed by atoms with Gasteiger partial charge in [0.05, 0.1) is 25.5 Å². The van der Waals surface area contributed by atoms with Crippen LogP contribution in [0.1, 0.15) is 78.7 Å². The van der Waals surface area contributed by atoms with E-state index >= 15 is 0 Å². The summed E-state index contributed by atoms with van der Waals surface area (Å²) in [6.07, 6.45) is 7.83. The van der Waals surface area contributed by atoms with Crippen molar-refractivity contribution in [3.63, 3.8) is 0 Å². The highest BCUT2D eigenvalue weighted by Gasteiger charge is 2.43. The highest BCUT2D eigenvalue weighted by atomic mass is 32.1. The molecule has 0 aliphatic heterocycles. The topological polar surface area (TPSA) is 70.4 Å². The van der Waals surface area contributed by atoms with Crippen molar-refractivity contribution in [1.82, 2.24) is 9.55 Å². The summed E-state index contributed by atoms with van der Waals surface area (Å²) in [6, 6.07) is 4.08. The smallest absolute Gasteiger partial charge is 0.356 e. The van der Waals surface area contributed by atoms with Gasteiger partial charge in [-0.3, -0.25) is 4.79 Å². The molecule has 0 amide bonds. The van der Waals surface area contributed by atoms with Gasteiger partial charge in [0.15, 0.2) is 5.69 Å². The molecular formula is C24H32N2O4S. The van der Waals surface area contributed by atoms with Crippen LogP contribution in [0.15, 0.2) is 24.3 Å². The van der Waals surface area contributed by atoms with E-state index in [9.17, 15) is 9.59 Å². The molecule has 7 heteroatoms. The maximum Gasteiger partial charge on any atom is 0.356 e. The van der Waals surface area contributed by atoms with E-state index in [1.165, 1.54) is 0 Å². The highest BCUT2D eigenvalue weighted by Crippen LogP contribution is 2.42. The predicted molar refractivity (Wildman–Crippen MR) is 122 cm³/mol. The lowest BCUT2D eigenvalue weighted by atomic mass is 9.84. The number of aromatic nitrogens is 2. The van der Waals surface area contributed by atoms with E-state index in [1.54, 1.807) is 11.3 Å². The van der Waals surface area contributed by atoms with Crippen LogP contribution in [0.2, 0.25) is 0 Å². The summed E-state index contributed by atoms with van der Waals surface area (Å²) in [5.74, 6) is 0.414. The largest absolute Gasteiger partial charge is 0.465 e. The number of nitrogens with zero attached hydrogens (tertiary/aromatic N) is 2. The van der Waals surface area contributed by atoms with Crippen molar-refractivity contribution in [2.45, 2.75) is 71.8 Å². The van der Waals surface area contributed by atoms with Crippen LogP contribution in [0.5, 0.6) is 0 Å². The normalized spacial score (nSPS) is 14.7. The quantitative estimate of drug-likeness (QED) is 0.388. The number of allylic oxidation sites excluding steroid dienone is 2. The summed E-state index contributed by atoms with van der Waals surface area (Å²) in [7, 11) is 0. The van der Waals surface area contributed by atoms with Crippen molar-refractivity contribution in [3.05, 3.63) is 51.3 Å². The number of aryl methyl sites for hydroxylation is 2. The zero-order chi connectivity index (χ0) is 22.4. The van der Waals surface area contributed by atoms with Gasteiger partial charge in [0.1, 0.15) is 11.2 Å². The number of hydrogen-bond acceptors (Lipinski definition) is 6. The molecule has 6 nitrogen and oxygen atoms in total. The fourth-order valence-electron chi connectivity index (χ4n) is 4.08. The molecule has 0 aromatic carbocycles. The van der Waals surface area contributed by atoms with Crippen LogP contribution in [0.4, 0.5) is 0 Å². The molecule has 0 atom stereocenters. The van der Waals surface area contributed by atoms with Crippen molar-refractivity contribution >= 4 is 23.3 Å². The first-order valence-electron chi connectivity index (χ1n) is 11.2. The molecule has 0 unspecified atom stereocenters. The van der Waals surface area contributed by atoms with Crippen LogP contribution in [-0.2, 0) is 39.1 Å². The first-order valence-corrected chi connectivity index (χ1v) is 12.0. The second-order valence-electron chi connectivity index (χ2n) is 7.68. The maximum atomic E-state index is 12.8. The van der Waals surface area contributed by atoms with Crippen molar-refractivity contribution in [1.29, 1.82) is 0 Å². The molecule has 0 spiro atoms. The number of imidazole rings is 1. The SMILES string of the molecule is CCCc1nc(CC)c(C(=O)OCC)n1Cc1ccc(C2(C(=O)OCC)CC=CC2)s1. The Hall–Kier alpha value is -2.41. The average molecular weight is 445 g/mol. The second kappa shape index (κ2) is 10.3. The average Bonchev–Trinajstić information content (AvgIpc) is 3.48. The fourth-order valence-corrected chi connectivity index (χ4v) is 5.27. The van der Waals surface area contributed by atoms with Crippen LogP contribution in [0, 0.1) is 0 Å². The predicted octanol–water partition coefficient (Wildman–Crippen LogP) is 4.84. The molecular weight excluding hydrogens is 412 g/mol. The molecule has 31 heavy (non-hydrogen) atoms. The van der Waals surface area contributed by atoms with Crippen LogP contribution in [-0.4, -0.2) is 34.7 Å². The molecule has 3 rings (SSSR count). The zero-order valence-corrected chi connectivity index (χ0v) is 19.7. The van der Waals surface area contributed by atoms with E-state index in [1.807, 2.05) is 31.4 Å². The number of thiophene rings is 1. The third kappa shape index (κ3) is 4.61. The molecule has 0 saturated carbocycles. The van der Waals surface area contributed by atoms with Gasteiger partial charge >= 0.3 is 11.9 Å². The summed E-state index contributed by atoms with van der Waals surface area (Å²) in [6.45, 7) is 9.00. The number of esters is 2. The van der Waals surface area contributed by atoms with E-state index in [4.69, 9.17) is 14.5 Å². The second-order valence-corrected chi connectivity index (χ2v) is 8.85. The van der Waals surface area contributed by atoms with Gasteiger partial charge in [-0.25, -0.2) is 9.78 Å². The van der Waals surface area contributed by atoms with Gasteiger partial charge in [-0.1, -0.05) is 26.0 Å². The monoisotopic (exact) mass is 444 g/mol. The molecule has 1 aliphatic carbocycles. The van der Waals surface area contributed by atoms with Crippen LogP contribution in [0.25, 0.3) is 0 Å². The first-order chi connectivity index (χ1) is 15.0. The molecule has 2 aromatic rings. The first kappa shape index (κ1) is 23.3. The third-order valence-corrected chi connectivity index (χ3v) is 6.88. The number of carbonyl (C=O) groups is 2. The molecule has 0 radical (unpaired) electrons. The summed E-state index contributed by atoms with van der Waals surface area (Å²) >= 11 is 1.61. The molecule has 0 saturated heterocycles. The minimum absolute atomic E-state index is 0.164. The zero-order valence-electron chi connectivity index (χ0n) is 18.9. The Morgan fingerprint density at radius 3 is 2.42 bits per heavy atom. The van der Waals surface area contributed by atoms with Crippen LogP contribution in [0.3, 0.4) is 0 Å². The molecule has 2 aromatic heterocycles. The lowest BCUT2D eigenvalue weighted by molar-refractivity contribution is -0.149. The van der Waals surface area contributed by atoms with E-state index < -0.39 is 5.41 Å². The van der Waals surface area contributed by atoms with E-state index in [0.717, 1.165) is 34.1 Å². The van der Waals surface area contributed by atoms with Crippen molar-refractivity contribution in [3.8, 4) is 0 Å². The Morgan fingerprint density at radius 2 is 1.81 bits per heavy atom. The summed E-state index contributed by atoms with van der Waals surface area (Å²) in [4.78, 5) is 32.4. The van der Waals surface area contributed by atoms with Crippen molar-refractivity contribution in [2.24, 2.45) is 0 Å². The van der Waals surface area contributed by atoms with Gasteiger partial charge in [-0.15, -0.1) is 11.3 Å². The van der Waals surface area contributed by atoms with Gasteiger partial charge in [-0.05, 0) is 51.7 Å². The highest BCUT2D eigenvalue weighted by molar-refractivity contribution is 7.12. The Morgan fingerprint density at radius 1 is 1.10 bits per heavy atom. The number of hydrogen-bond donors (Lipinski definition) is 0. The van der Waals surface area contributed by atoms with Crippen molar-refractivity contribution < 1.29 is 19.1 Å². The standard InChI is InChI=1S/C24H32N2O4S/c1-5-11-20-25-18(6-2)21(22(27)29-7-3)26(20)16-17-12-13-19(31-17)24(14-9-10-15-24)23(28)30-8-4/h9-10,12-13H,5-8,11,14-16H2,1-4H3. The lowest BCUT2D eigenvalue weighted by Crippen LogP contribution is -2.34. The van der Waals surface area contributed by atoms with E-state index in [0.29, 0.717) is 44.7 Å². The third-order valence-electron chi connectivity index (χ3n) is 5.61. The van der Waals surface area contributed by atoms with Gasteiger partial charge in [0.2, 0.25) is 0 Å². The lowest BCUT2D eigenvalue weighted by Gasteiger charge is -2.25. The van der Waals surface area contributed by atoms with Crippen LogP contribution < -0.4 is 0 Å². The Balaban J connectivity index is 1.96. The molecule has 2 heterocycles. The molecule has 168 valence electrons. The molecule has 0 N–H and O–H groups in total. The molecule has 1 aliphatic rings. The van der Waals surface area contributed by atoms with Gasteiger partial charge in [-0.2, -0.15) is 0 Å². The van der Waals surface area contributed by atoms with E-state index in [2.05, 4.69) is 25.1 Å². The molecule has 0 bridgehead atoms. The number of ether oxygens (including phenoxy) is 2. The van der Waals surface area contributed by atoms with Crippen molar-refractivity contribution in [2.75, 3.05) is 13.2 Å². The Labute approximate surface area is 188 Å². The van der Waals surface area contributed by atoms with Gasteiger partial charge < -0.3 is 14.0 Å². The van der Waals surface area contributed by atoms with E-state index in [-0.39, 0.29) is 11.9 Å². The van der Waals surface area contributed by atoms with Gasteiger partial charge in [0.25, 0.3) is 0 Å². The minimum atomic E-state index is -0.626. The maximum absolute atomic E-state index is 12.8. The molecule has 0 fully saturated rings. The van der Waals surface area contributed by atoms with Crippen LogP contribution >= 0.6 is 11.3 Å². The van der Waals surface area contributed by atoms with Gasteiger partial charge in [0, 0.05) is 16.2 Å². The number of carbonyl (C=O) groups excluding carboxylic acids is 2. The summed E-state index contributed by atoms with van der Waals surface area (Å²) in [5.41, 5.74) is 0.700. The minimum Gasteiger partial charge on any atom is -0.465 e. The Bertz CT molecular complexity index is 949. The number of rotatable bonds is 10. The summed E-state index contributed by atoms with van der Waals surface area (Å²) in [5, 5.41) is 0. The summed E-state index contributed by atoms with van der Waals surface area (Å²) < 4.78 is 12.7.